The molecule has 0 saturated carbocycles. The van der Waals surface area contributed by atoms with Crippen LogP contribution >= 0.6 is 0 Å². The number of carbonyl (C=O) groups excluding carboxylic acids is 1. The van der Waals surface area contributed by atoms with E-state index in [2.05, 4.69) is 10.0 Å². The number of sulfonamides is 1. The van der Waals surface area contributed by atoms with Gasteiger partial charge in [0, 0.05) is 5.56 Å². The van der Waals surface area contributed by atoms with Crippen LogP contribution in [0.4, 0.5) is 5.69 Å². The van der Waals surface area contributed by atoms with Crippen molar-refractivity contribution in [1.29, 1.82) is 0 Å². The normalized spacial score (nSPS) is 12.1. The molecule has 0 aliphatic heterocycles. The average Bonchev–Trinajstić information content (AvgIpc) is 2.85. The van der Waals surface area contributed by atoms with Crippen molar-refractivity contribution >= 4 is 21.6 Å². The fourth-order valence-electron chi connectivity index (χ4n) is 3.89. The predicted octanol–water partition coefficient (Wildman–Crippen LogP) is 5.93. The molecule has 6 heteroatoms. The Morgan fingerprint density at radius 1 is 0.686 bits per heavy atom. The van der Waals surface area contributed by atoms with Gasteiger partial charge in [0.1, 0.15) is 0 Å². The van der Waals surface area contributed by atoms with E-state index < -0.39 is 10.0 Å². The molecule has 4 aromatic rings. The van der Waals surface area contributed by atoms with Gasteiger partial charge in [-0.2, -0.15) is 0 Å². The van der Waals surface area contributed by atoms with Crippen LogP contribution in [0.3, 0.4) is 0 Å². The summed E-state index contributed by atoms with van der Waals surface area (Å²) in [7, 11) is -3.79. The number of anilines is 1. The molecular weight excluding hydrogens is 456 g/mol. The van der Waals surface area contributed by atoms with Crippen LogP contribution < -0.4 is 10.0 Å². The fraction of sp³-hybridized carbons (Fsp3) is 0.138. The zero-order valence-electron chi connectivity index (χ0n) is 19.9. The maximum absolute atomic E-state index is 13.4. The number of nitrogens with one attached hydrogen (secondary N) is 2. The van der Waals surface area contributed by atoms with Crippen LogP contribution in [-0.2, 0) is 10.0 Å². The molecule has 0 aliphatic rings. The first-order valence-corrected chi connectivity index (χ1v) is 12.8. The van der Waals surface area contributed by atoms with Crippen LogP contribution in [-0.4, -0.2) is 14.3 Å². The Bertz CT molecular complexity index is 1430. The van der Waals surface area contributed by atoms with Crippen molar-refractivity contribution in [2.24, 2.45) is 0 Å². The summed E-state index contributed by atoms with van der Waals surface area (Å²) in [6.07, 6.45) is 0. The lowest BCUT2D eigenvalue weighted by Gasteiger charge is -2.21. The largest absolute Gasteiger partial charge is 0.341 e. The van der Waals surface area contributed by atoms with Gasteiger partial charge in [-0.1, -0.05) is 83.9 Å². The van der Waals surface area contributed by atoms with Crippen molar-refractivity contribution in [3.63, 3.8) is 0 Å². The lowest BCUT2D eigenvalue weighted by atomic mass is 9.97. The van der Waals surface area contributed by atoms with E-state index in [1.807, 2.05) is 68.4 Å². The van der Waals surface area contributed by atoms with Crippen LogP contribution in [0, 0.1) is 20.8 Å². The molecular formula is C29H28N2O3S. The Morgan fingerprint density at radius 2 is 1.26 bits per heavy atom. The highest BCUT2D eigenvalue weighted by Crippen LogP contribution is 2.26. The number of amides is 1. The second kappa shape index (κ2) is 10.2. The number of rotatable bonds is 7. The molecule has 5 nitrogen and oxygen atoms in total. The first-order valence-electron chi connectivity index (χ1n) is 11.4. The summed E-state index contributed by atoms with van der Waals surface area (Å²) in [5, 5.41) is 3.14. The molecule has 1 atom stereocenters. The third-order valence-electron chi connectivity index (χ3n) is 5.97. The van der Waals surface area contributed by atoms with E-state index in [0.717, 1.165) is 22.3 Å². The monoisotopic (exact) mass is 484 g/mol. The third-order valence-corrected chi connectivity index (χ3v) is 7.35. The minimum atomic E-state index is -3.79. The van der Waals surface area contributed by atoms with Gasteiger partial charge in [-0.05, 0) is 61.7 Å². The van der Waals surface area contributed by atoms with Gasteiger partial charge in [-0.15, -0.1) is 0 Å². The molecule has 1 amide bonds. The van der Waals surface area contributed by atoms with Gasteiger partial charge in [0.05, 0.1) is 16.6 Å². The Labute approximate surface area is 206 Å². The van der Waals surface area contributed by atoms with Crippen LogP contribution in [0.25, 0.3) is 0 Å². The summed E-state index contributed by atoms with van der Waals surface area (Å²) in [4.78, 5) is 13.6. The molecule has 0 heterocycles. The van der Waals surface area contributed by atoms with Gasteiger partial charge >= 0.3 is 0 Å². The first kappa shape index (κ1) is 24.2. The molecule has 4 aromatic carbocycles. The van der Waals surface area contributed by atoms with Crippen molar-refractivity contribution in [2.75, 3.05) is 4.72 Å². The van der Waals surface area contributed by atoms with Crippen LogP contribution in [0.1, 0.15) is 44.2 Å². The number of carbonyl (C=O) groups is 1. The van der Waals surface area contributed by atoms with Gasteiger partial charge in [-0.25, -0.2) is 8.42 Å². The second-order valence-corrected chi connectivity index (χ2v) is 10.3. The molecule has 0 fully saturated rings. The molecule has 4 rings (SSSR count). The molecule has 0 spiro atoms. The highest BCUT2D eigenvalue weighted by Gasteiger charge is 2.21. The lowest BCUT2D eigenvalue weighted by molar-refractivity contribution is 0.0942. The van der Waals surface area contributed by atoms with Crippen LogP contribution in [0.5, 0.6) is 0 Å². The van der Waals surface area contributed by atoms with E-state index in [-0.39, 0.29) is 16.8 Å². The SMILES string of the molecule is Cc1ccc([C@H](NC(=O)c2cccc(NS(=O)(=O)c3ccc(C)cc3)c2C)c2ccccc2)cc1. The summed E-state index contributed by atoms with van der Waals surface area (Å²) >= 11 is 0. The van der Waals surface area contributed by atoms with Crippen LogP contribution in [0.2, 0.25) is 0 Å². The summed E-state index contributed by atoms with van der Waals surface area (Å²) in [6.45, 7) is 5.66. The molecule has 0 radical (unpaired) electrons. The molecule has 178 valence electrons. The van der Waals surface area contributed by atoms with E-state index in [1.165, 1.54) is 0 Å². The van der Waals surface area contributed by atoms with Gasteiger partial charge in [0.25, 0.3) is 15.9 Å². The van der Waals surface area contributed by atoms with E-state index in [0.29, 0.717) is 16.8 Å². The standard InChI is InChI=1S/C29H28N2O3S/c1-20-12-16-24(17-13-20)28(23-8-5-4-6-9-23)30-29(32)26-10-7-11-27(22(26)3)31-35(33,34)25-18-14-21(2)15-19-25/h4-19,28,31H,1-3H3,(H,30,32)/t28-/m1/s1. The molecule has 2 N–H and O–H groups in total. The number of hydrogen-bond donors (Lipinski definition) is 2. The van der Waals surface area contributed by atoms with Crippen molar-refractivity contribution in [3.05, 3.63) is 130 Å². The molecule has 0 aromatic heterocycles. The second-order valence-electron chi connectivity index (χ2n) is 8.62. The molecule has 0 saturated heterocycles. The smallest absolute Gasteiger partial charge is 0.261 e. The molecule has 0 aliphatic carbocycles. The number of aryl methyl sites for hydroxylation is 2. The topological polar surface area (TPSA) is 75.3 Å². The summed E-state index contributed by atoms with van der Waals surface area (Å²) in [5.41, 5.74) is 5.35. The van der Waals surface area contributed by atoms with Crippen molar-refractivity contribution in [1.82, 2.24) is 5.32 Å². The maximum atomic E-state index is 13.4. The summed E-state index contributed by atoms with van der Waals surface area (Å²) in [6, 6.07) is 29.1. The zero-order chi connectivity index (χ0) is 25.0. The van der Waals surface area contributed by atoms with Gasteiger partial charge in [0.15, 0.2) is 0 Å². The van der Waals surface area contributed by atoms with E-state index in [9.17, 15) is 13.2 Å². The molecule has 35 heavy (non-hydrogen) atoms. The highest BCUT2D eigenvalue weighted by molar-refractivity contribution is 7.92. The first-order chi connectivity index (χ1) is 16.7. The number of hydrogen-bond acceptors (Lipinski definition) is 3. The maximum Gasteiger partial charge on any atom is 0.261 e. The van der Waals surface area contributed by atoms with Crippen molar-refractivity contribution < 1.29 is 13.2 Å². The van der Waals surface area contributed by atoms with E-state index in [4.69, 9.17) is 0 Å². The Balaban J connectivity index is 1.63. The minimum absolute atomic E-state index is 0.167. The quantitative estimate of drug-likeness (QED) is 0.341. The molecule has 0 unspecified atom stereocenters. The fourth-order valence-corrected chi connectivity index (χ4v) is 5.01. The third kappa shape index (κ3) is 5.61. The van der Waals surface area contributed by atoms with Gasteiger partial charge in [-0.3, -0.25) is 9.52 Å². The highest BCUT2D eigenvalue weighted by atomic mass is 32.2. The lowest BCUT2D eigenvalue weighted by Crippen LogP contribution is -2.30. The van der Waals surface area contributed by atoms with Gasteiger partial charge in [0.2, 0.25) is 0 Å². The summed E-state index contributed by atoms with van der Waals surface area (Å²) < 4.78 is 28.5. The Morgan fingerprint density at radius 3 is 1.89 bits per heavy atom. The average molecular weight is 485 g/mol. The minimum Gasteiger partial charge on any atom is -0.341 e. The van der Waals surface area contributed by atoms with E-state index in [1.54, 1.807) is 49.4 Å². The summed E-state index contributed by atoms with van der Waals surface area (Å²) in [5.74, 6) is -0.284. The van der Waals surface area contributed by atoms with Crippen molar-refractivity contribution in [2.45, 2.75) is 31.7 Å². The zero-order valence-corrected chi connectivity index (χ0v) is 20.8. The predicted molar refractivity (Wildman–Crippen MR) is 140 cm³/mol. The number of benzene rings is 4. The van der Waals surface area contributed by atoms with E-state index >= 15 is 0 Å². The van der Waals surface area contributed by atoms with Crippen LogP contribution in [0.15, 0.2) is 102 Å². The molecule has 0 bridgehead atoms. The van der Waals surface area contributed by atoms with Gasteiger partial charge < -0.3 is 5.32 Å². The Kier molecular flexibility index (Phi) is 7.03. The Hall–Kier alpha value is -3.90. The van der Waals surface area contributed by atoms with Crippen molar-refractivity contribution in [3.8, 4) is 0 Å².